The molecule has 0 bridgehead atoms. The highest BCUT2D eigenvalue weighted by molar-refractivity contribution is 7.98. The minimum absolute atomic E-state index is 0.751. The molecule has 0 aliphatic rings. The van der Waals surface area contributed by atoms with Gasteiger partial charge < -0.3 is 4.42 Å². The van der Waals surface area contributed by atoms with E-state index in [1.807, 2.05) is 12.1 Å². The molecule has 5 heteroatoms. The molecule has 4 nitrogen and oxygen atoms in total. The van der Waals surface area contributed by atoms with E-state index >= 15 is 0 Å². The summed E-state index contributed by atoms with van der Waals surface area (Å²) >= 11 is 1.71. The fraction of sp³-hybridized carbons (Fsp3) is 0.158. The van der Waals surface area contributed by atoms with Gasteiger partial charge in [0.1, 0.15) is 0 Å². The molecule has 4 rings (SSSR count). The van der Waals surface area contributed by atoms with E-state index in [1.165, 1.54) is 16.3 Å². The fourth-order valence-electron chi connectivity index (χ4n) is 2.83. The largest absolute Gasteiger partial charge is 0.461 e. The van der Waals surface area contributed by atoms with Crippen LogP contribution in [0, 0.1) is 0 Å². The third-order valence-electron chi connectivity index (χ3n) is 4.01. The lowest BCUT2D eigenvalue weighted by Gasteiger charge is -2.08. The summed E-state index contributed by atoms with van der Waals surface area (Å²) in [5.74, 6) is 2.39. The molecule has 24 heavy (non-hydrogen) atoms. The first-order valence-corrected chi connectivity index (χ1v) is 8.92. The van der Waals surface area contributed by atoms with E-state index in [0.29, 0.717) is 0 Å². The van der Waals surface area contributed by atoms with Crippen molar-refractivity contribution < 1.29 is 4.42 Å². The van der Waals surface area contributed by atoms with Gasteiger partial charge in [-0.2, -0.15) is 0 Å². The lowest BCUT2D eigenvalue weighted by molar-refractivity contribution is 0.567. The quantitative estimate of drug-likeness (QED) is 0.481. The molecule has 0 aliphatic heterocycles. The van der Waals surface area contributed by atoms with Crippen molar-refractivity contribution in [2.24, 2.45) is 0 Å². The average molecular weight is 335 g/mol. The summed E-state index contributed by atoms with van der Waals surface area (Å²) in [7, 11) is 0. The molecule has 0 fully saturated rings. The number of aromatic nitrogens is 3. The average Bonchev–Trinajstić information content (AvgIpc) is 3.28. The van der Waals surface area contributed by atoms with Gasteiger partial charge >= 0.3 is 0 Å². The van der Waals surface area contributed by atoms with Crippen LogP contribution in [-0.4, -0.2) is 14.8 Å². The number of fused-ring (bicyclic) bond motifs is 1. The topological polar surface area (TPSA) is 43.9 Å². The second kappa shape index (κ2) is 6.53. The molecule has 0 atom stereocenters. The monoisotopic (exact) mass is 335 g/mol. The van der Waals surface area contributed by atoms with E-state index in [-0.39, 0.29) is 0 Å². The van der Waals surface area contributed by atoms with Crippen LogP contribution in [0.1, 0.15) is 12.5 Å². The molecular formula is C19H17N3OS. The summed E-state index contributed by atoms with van der Waals surface area (Å²) in [4.78, 5) is 0. The number of nitrogens with zero attached hydrogens (tertiary/aromatic N) is 3. The number of hydrogen-bond acceptors (Lipinski definition) is 4. The zero-order chi connectivity index (χ0) is 16.4. The fourth-order valence-corrected chi connectivity index (χ4v) is 3.84. The van der Waals surface area contributed by atoms with E-state index in [0.717, 1.165) is 29.0 Å². The van der Waals surface area contributed by atoms with Crippen molar-refractivity contribution >= 4 is 22.5 Å². The third kappa shape index (κ3) is 2.71. The first-order valence-electron chi connectivity index (χ1n) is 7.93. The van der Waals surface area contributed by atoms with Crippen LogP contribution in [0.15, 0.2) is 70.4 Å². The molecule has 0 N–H and O–H groups in total. The molecule has 0 radical (unpaired) electrons. The zero-order valence-electron chi connectivity index (χ0n) is 13.3. The number of thioether (sulfide) groups is 1. The Kier molecular flexibility index (Phi) is 4.09. The molecule has 0 amide bonds. The molecule has 0 unspecified atom stereocenters. The number of hydrogen-bond donors (Lipinski definition) is 0. The molecule has 2 aromatic heterocycles. The zero-order valence-corrected chi connectivity index (χ0v) is 14.2. The molecule has 2 heterocycles. The van der Waals surface area contributed by atoms with Gasteiger partial charge in [0.05, 0.1) is 6.26 Å². The highest BCUT2D eigenvalue weighted by atomic mass is 32.2. The van der Waals surface area contributed by atoms with E-state index in [9.17, 15) is 0 Å². The highest BCUT2D eigenvalue weighted by Gasteiger charge is 2.15. The van der Waals surface area contributed by atoms with Crippen molar-refractivity contribution in [1.82, 2.24) is 14.8 Å². The van der Waals surface area contributed by atoms with Crippen molar-refractivity contribution in [2.75, 3.05) is 0 Å². The molecule has 4 aromatic rings. The van der Waals surface area contributed by atoms with Crippen molar-refractivity contribution in [2.45, 2.75) is 24.4 Å². The van der Waals surface area contributed by atoms with Crippen LogP contribution >= 0.6 is 11.8 Å². The summed E-state index contributed by atoms with van der Waals surface area (Å²) in [5.41, 5.74) is 1.31. The Morgan fingerprint density at radius 2 is 1.88 bits per heavy atom. The van der Waals surface area contributed by atoms with Crippen molar-refractivity contribution in [1.29, 1.82) is 0 Å². The Labute approximate surface area is 144 Å². The molecule has 0 aliphatic carbocycles. The van der Waals surface area contributed by atoms with E-state index in [2.05, 4.69) is 64.2 Å². The van der Waals surface area contributed by atoms with Crippen LogP contribution in [0.2, 0.25) is 0 Å². The number of benzene rings is 2. The first-order chi connectivity index (χ1) is 11.9. The lowest BCUT2D eigenvalue weighted by Crippen LogP contribution is -1.99. The van der Waals surface area contributed by atoms with Crippen molar-refractivity contribution in [3.63, 3.8) is 0 Å². The van der Waals surface area contributed by atoms with Gasteiger partial charge in [-0.1, -0.05) is 54.2 Å². The van der Waals surface area contributed by atoms with Gasteiger partial charge in [-0.05, 0) is 35.4 Å². The maximum absolute atomic E-state index is 5.46. The van der Waals surface area contributed by atoms with Gasteiger partial charge in [0, 0.05) is 12.3 Å². The predicted octanol–water partition coefficient (Wildman–Crippen LogP) is 5.00. The lowest BCUT2D eigenvalue weighted by atomic mass is 10.1. The minimum atomic E-state index is 0.751. The molecule has 120 valence electrons. The summed E-state index contributed by atoms with van der Waals surface area (Å²) in [6.07, 6.45) is 1.66. The van der Waals surface area contributed by atoms with E-state index in [1.54, 1.807) is 18.0 Å². The van der Waals surface area contributed by atoms with Crippen LogP contribution < -0.4 is 0 Å². The van der Waals surface area contributed by atoms with Crippen LogP contribution in [0.25, 0.3) is 22.4 Å². The standard InChI is InChI=1S/C19H17N3OS/c1-2-22-18(17-11-6-12-23-17)20-21-19(22)24-13-15-9-5-8-14-7-3-4-10-16(14)15/h3-12H,2,13H2,1H3. The Morgan fingerprint density at radius 1 is 1.00 bits per heavy atom. The molecule has 2 aromatic carbocycles. The van der Waals surface area contributed by atoms with Crippen molar-refractivity contribution in [3.05, 3.63) is 66.4 Å². The molecule has 0 saturated heterocycles. The smallest absolute Gasteiger partial charge is 0.200 e. The summed E-state index contributed by atoms with van der Waals surface area (Å²) in [6, 6.07) is 18.7. The Balaban J connectivity index is 1.62. The summed E-state index contributed by atoms with van der Waals surface area (Å²) < 4.78 is 7.56. The highest BCUT2D eigenvalue weighted by Crippen LogP contribution is 2.29. The number of furan rings is 1. The van der Waals surface area contributed by atoms with E-state index < -0.39 is 0 Å². The van der Waals surface area contributed by atoms with Gasteiger partial charge in [0.2, 0.25) is 0 Å². The maximum Gasteiger partial charge on any atom is 0.200 e. The van der Waals surface area contributed by atoms with Crippen LogP contribution in [0.5, 0.6) is 0 Å². The minimum Gasteiger partial charge on any atom is -0.461 e. The molecule has 0 saturated carbocycles. The van der Waals surface area contributed by atoms with Gasteiger partial charge in [-0.15, -0.1) is 10.2 Å². The van der Waals surface area contributed by atoms with Crippen molar-refractivity contribution in [3.8, 4) is 11.6 Å². The van der Waals surface area contributed by atoms with E-state index in [4.69, 9.17) is 4.42 Å². The van der Waals surface area contributed by atoms with Gasteiger partial charge in [0.25, 0.3) is 0 Å². The summed E-state index contributed by atoms with van der Waals surface area (Å²) in [6.45, 7) is 2.90. The van der Waals surface area contributed by atoms with Gasteiger partial charge in [-0.3, -0.25) is 4.57 Å². The van der Waals surface area contributed by atoms with Crippen LogP contribution in [-0.2, 0) is 12.3 Å². The Morgan fingerprint density at radius 3 is 2.71 bits per heavy atom. The second-order valence-electron chi connectivity index (χ2n) is 5.45. The first kappa shape index (κ1) is 15.0. The van der Waals surface area contributed by atoms with Gasteiger partial charge in [0.15, 0.2) is 16.7 Å². The van der Waals surface area contributed by atoms with Gasteiger partial charge in [-0.25, -0.2) is 0 Å². The van der Waals surface area contributed by atoms with Crippen LogP contribution in [0.4, 0.5) is 0 Å². The maximum atomic E-state index is 5.46. The molecular weight excluding hydrogens is 318 g/mol. The predicted molar refractivity (Wildman–Crippen MR) is 96.9 cm³/mol. The number of rotatable bonds is 5. The Hall–Kier alpha value is -2.53. The molecule has 0 spiro atoms. The second-order valence-corrected chi connectivity index (χ2v) is 6.40. The summed E-state index contributed by atoms with van der Waals surface area (Å²) in [5, 5.41) is 12.1. The Bertz CT molecular complexity index is 955. The third-order valence-corrected chi connectivity index (χ3v) is 5.03. The SMILES string of the molecule is CCn1c(SCc2cccc3ccccc23)nnc1-c1ccco1. The van der Waals surface area contributed by atoms with Crippen LogP contribution in [0.3, 0.4) is 0 Å². The normalized spacial score (nSPS) is 11.2.